The number of halogens is 1. The van der Waals surface area contributed by atoms with Crippen LogP contribution < -0.4 is 0 Å². The number of nitrogens with zero attached hydrogens (tertiary/aromatic N) is 2. The summed E-state index contributed by atoms with van der Waals surface area (Å²) < 4.78 is 5.32. The van der Waals surface area contributed by atoms with Crippen LogP contribution in [0.15, 0.2) is 6.33 Å². The lowest BCUT2D eigenvalue weighted by molar-refractivity contribution is -0.110. The van der Waals surface area contributed by atoms with Crippen LogP contribution in [0.3, 0.4) is 0 Å². The van der Waals surface area contributed by atoms with Gasteiger partial charge in [0.1, 0.15) is 16.3 Å². The third-order valence-corrected chi connectivity index (χ3v) is 4.75. The van der Waals surface area contributed by atoms with E-state index >= 15 is 0 Å². The van der Waals surface area contributed by atoms with Crippen LogP contribution in [0.1, 0.15) is 29.7 Å². The number of ether oxygens (including phenoxy) is 1. The minimum Gasteiger partial charge on any atom is -0.367 e. The summed E-state index contributed by atoms with van der Waals surface area (Å²) in [4.78, 5) is 10.4. The Labute approximate surface area is 114 Å². The van der Waals surface area contributed by atoms with E-state index in [0.717, 1.165) is 28.6 Å². The van der Waals surface area contributed by atoms with Gasteiger partial charge in [-0.25, -0.2) is 9.97 Å². The first kappa shape index (κ1) is 12.3. The lowest BCUT2D eigenvalue weighted by Gasteiger charge is -2.18. The van der Waals surface area contributed by atoms with Crippen molar-refractivity contribution in [2.45, 2.75) is 32.0 Å². The number of aryl methyl sites for hydroxylation is 1. The van der Waals surface area contributed by atoms with Crippen LogP contribution in [0.25, 0.3) is 10.2 Å². The molecule has 3 rings (SSSR count). The molecule has 18 heavy (non-hydrogen) atoms. The average Bonchev–Trinajstić information content (AvgIpc) is 2.87. The molecule has 2 aromatic rings. The molecule has 0 aromatic carbocycles. The first-order chi connectivity index (χ1) is 8.72. The third kappa shape index (κ3) is 1.82. The maximum atomic E-state index is 10.1. The normalized spacial score (nSPS) is 20.3. The Morgan fingerprint density at radius 3 is 3.22 bits per heavy atom. The summed E-state index contributed by atoms with van der Waals surface area (Å²) in [5, 5.41) is 11.4. The van der Waals surface area contributed by atoms with Crippen LogP contribution in [-0.2, 0) is 11.2 Å². The molecule has 1 aliphatic carbocycles. The van der Waals surface area contributed by atoms with Gasteiger partial charge in [-0.15, -0.1) is 11.3 Å². The van der Waals surface area contributed by atoms with E-state index in [0.29, 0.717) is 11.8 Å². The van der Waals surface area contributed by atoms with Crippen molar-refractivity contribution in [2.75, 3.05) is 6.61 Å². The minimum atomic E-state index is -0.773. The standard InChI is InChI=1S/C12H13ClN2O2S/c1-2-17-12(16)6-3-4-7-8(6)9-10(13)14-5-15-11(9)18-7/h5-6,12,16H,2-4H2,1H3/t6?,12-/m0/s1. The number of rotatable bonds is 3. The molecule has 2 heterocycles. The predicted molar refractivity (Wildman–Crippen MR) is 71.1 cm³/mol. The number of aromatic nitrogens is 2. The molecule has 0 saturated carbocycles. The van der Waals surface area contributed by atoms with Gasteiger partial charge in [0.25, 0.3) is 0 Å². The van der Waals surface area contributed by atoms with E-state index in [9.17, 15) is 5.11 Å². The van der Waals surface area contributed by atoms with Gasteiger partial charge in [-0.05, 0) is 25.3 Å². The fraction of sp³-hybridized carbons (Fsp3) is 0.500. The van der Waals surface area contributed by atoms with Crippen LogP contribution in [0.5, 0.6) is 0 Å². The van der Waals surface area contributed by atoms with E-state index in [1.165, 1.54) is 11.2 Å². The zero-order chi connectivity index (χ0) is 12.7. The first-order valence-electron chi connectivity index (χ1n) is 5.93. The minimum absolute atomic E-state index is 0.0165. The second-order valence-electron chi connectivity index (χ2n) is 4.27. The van der Waals surface area contributed by atoms with E-state index in [2.05, 4.69) is 9.97 Å². The molecule has 0 aliphatic heterocycles. The number of fused-ring (bicyclic) bond motifs is 3. The molecule has 0 fully saturated rings. The summed E-state index contributed by atoms with van der Waals surface area (Å²) >= 11 is 7.80. The SMILES string of the molecule is CCO[C@H](O)C1CCc2sc3ncnc(Cl)c3c21. The van der Waals surface area contributed by atoms with Crippen molar-refractivity contribution in [3.63, 3.8) is 0 Å². The molecular formula is C12H13ClN2O2S. The molecule has 6 heteroatoms. The van der Waals surface area contributed by atoms with E-state index in [-0.39, 0.29) is 5.92 Å². The second-order valence-corrected chi connectivity index (χ2v) is 5.72. The molecule has 96 valence electrons. The number of hydrogen-bond acceptors (Lipinski definition) is 5. The second kappa shape index (κ2) is 4.74. The summed E-state index contributed by atoms with van der Waals surface area (Å²) in [5.74, 6) is -0.0165. The highest BCUT2D eigenvalue weighted by Crippen LogP contribution is 2.46. The molecule has 2 aromatic heterocycles. The Balaban J connectivity index is 2.11. The topological polar surface area (TPSA) is 55.2 Å². The molecule has 4 nitrogen and oxygen atoms in total. The number of aliphatic hydroxyl groups excluding tert-OH is 1. The van der Waals surface area contributed by atoms with Gasteiger partial charge in [0.15, 0.2) is 6.29 Å². The summed E-state index contributed by atoms with van der Waals surface area (Å²) in [5.41, 5.74) is 1.08. The van der Waals surface area contributed by atoms with Crippen LogP contribution in [-0.4, -0.2) is 28.0 Å². The first-order valence-corrected chi connectivity index (χ1v) is 7.13. The third-order valence-electron chi connectivity index (χ3n) is 3.29. The summed E-state index contributed by atoms with van der Waals surface area (Å²) in [6.45, 7) is 2.38. The van der Waals surface area contributed by atoms with Gasteiger partial charge >= 0.3 is 0 Å². The molecule has 1 aliphatic rings. The summed E-state index contributed by atoms with van der Waals surface area (Å²) in [7, 11) is 0. The van der Waals surface area contributed by atoms with Crippen molar-refractivity contribution in [2.24, 2.45) is 0 Å². The largest absolute Gasteiger partial charge is 0.367 e. The average molecular weight is 285 g/mol. The lowest BCUT2D eigenvalue weighted by atomic mass is 10.0. The lowest BCUT2D eigenvalue weighted by Crippen LogP contribution is -2.20. The van der Waals surface area contributed by atoms with Crippen LogP contribution in [0, 0.1) is 0 Å². The highest BCUT2D eigenvalue weighted by Gasteiger charge is 2.34. The Kier molecular flexibility index (Phi) is 3.23. The molecule has 0 saturated heterocycles. The molecule has 1 unspecified atom stereocenters. The highest BCUT2D eigenvalue weighted by atomic mass is 35.5. The smallest absolute Gasteiger partial charge is 0.161 e. The van der Waals surface area contributed by atoms with Gasteiger partial charge < -0.3 is 9.84 Å². The Morgan fingerprint density at radius 1 is 1.61 bits per heavy atom. The summed E-state index contributed by atoms with van der Waals surface area (Å²) in [6, 6.07) is 0. The molecule has 2 atom stereocenters. The fourth-order valence-electron chi connectivity index (χ4n) is 2.55. The monoisotopic (exact) mass is 284 g/mol. The van der Waals surface area contributed by atoms with E-state index < -0.39 is 6.29 Å². The van der Waals surface area contributed by atoms with Gasteiger partial charge in [0, 0.05) is 17.4 Å². The molecular weight excluding hydrogens is 272 g/mol. The molecule has 1 N–H and O–H groups in total. The van der Waals surface area contributed by atoms with E-state index in [1.54, 1.807) is 11.3 Å². The zero-order valence-corrected chi connectivity index (χ0v) is 11.5. The van der Waals surface area contributed by atoms with Crippen molar-refractivity contribution in [1.82, 2.24) is 9.97 Å². The van der Waals surface area contributed by atoms with Gasteiger partial charge in [0.2, 0.25) is 0 Å². The number of thiophene rings is 1. The van der Waals surface area contributed by atoms with Crippen LogP contribution in [0.4, 0.5) is 0 Å². The Bertz CT molecular complexity index is 587. The van der Waals surface area contributed by atoms with Crippen molar-refractivity contribution >= 4 is 33.2 Å². The molecule has 0 amide bonds. The highest BCUT2D eigenvalue weighted by molar-refractivity contribution is 7.19. The fourth-order valence-corrected chi connectivity index (χ4v) is 4.06. The van der Waals surface area contributed by atoms with Gasteiger partial charge in [-0.1, -0.05) is 11.6 Å². The predicted octanol–water partition coefficient (Wildman–Crippen LogP) is 2.73. The van der Waals surface area contributed by atoms with Crippen molar-refractivity contribution in [3.8, 4) is 0 Å². The Morgan fingerprint density at radius 2 is 2.44 bits per heavy atom. The summed E-state index contributed by atoms with van der Waals surface area (Å²) in [6.07, 6.45) is 2.54. The zero-order valence-electron chi connectivity index (χ0n) is 9.89. The number of hydrogen-bond donors (Lipinski definition) is 1. The number of aliphatic hydroxyl groups is 1. The molecule has 0 radical (unpaired) electrons. The molecule has 0 bridgehead atoms. The Hall–Kier alpha value is -0.750. The maximum absolute atomic E-state index is 10.1. The van der Waals surface area contributed by atoms with E-state index in [4.69, 9.17) is 16.3 Å². The maximum Gasteiger partial charge on any atom is 0.161 e. The van der Waals surface area contributed by atoms with Crippen molar-refractivity contribution < 1.29 is 9.84 Å². The van der Waals surface area contributed by atoms with Crippen molar-refractivity contribution in [3.05, 3.63) is 21.9 Å². The van der Waals surface area contributed by atoms with Crippen LogP contribution >= 0.6 is 22.9 Å². The molecule has 0 spiro atoms. The van der Waals surface area contributed by atoms with Crippen LogP contribution in [0.2, 0.25) is 5.15 Å². The van der Waals surface area contributed by atoms with Gasteiger partial charge in [0.05, 0.1) is 5.39 Å². The quantitative estimate of drug-likeness (QED) is 0.695. The van der Waals surface area contributed by atoms with Gasteiger partial charge in [-0.3, -0.25) is 0 Å². The van der Waals surface area contributed by atoms with Crippen molar-refractivity contribution in [1.29, 1.82) is 0 Å². The van der Waals surface area contributed by atoms with E-state index in [1.807, 2.05) is 6.92 Å². The van der Waals surface area contributed by atoms with Gasteiger partial charge in [-0.2, -0.15) is 0 Å².